The molecular weight excluding hydrogens is 248 g/mol. The molecule has 0 radical (unpaired) electrons. The summed E-state index contributed by atoms with van der Waals surface area (Å²) in [6.07, 6.45) is 5.15. The van der Waals surface area contributed by atoms with Crippen molar-refractivity contribution in [1.82, 2.24) is 9.55 Å². The van der Waals surface area contributed by atoms with E-state index in [1.54, 1.807) is 6.33 Å². The highest BCUT2D eigenvalue weighted by molar-refractivity contribution is 5.83. The van der Waals surface area contributed by atoms with E-state index >= 15 is 0 Å². The third kappa shape index (κ3) is 2.62. The molecule has 0 spiro atoms. The first-order chi connectivity index (χ1) is 9.63. The smallest absolute Gasteiger partial charge is 0.155 e. The van der Waals surface area contributed by atoms with Crippen molar-refractivity contribution in [2.45, 2.75) is 39.7 Å². The first-order valence-corrected chi connectivity index (χ1v) is 7.56. The molecule has 1 aromatic heterocycles. The molecule has 1 heterocycles. The maximum absolute atomic E-state index is 12.6. The highest BCUT2D eigenvalue weighted by Gasteiger charge is 2.28. The Morgan fingerprint density at radius 2 is 1.90 bits per heavy atom. The Labute approximate surface area is 120 Å². The monoisotopic (exact) mass is 270 g/mol. The van der Waals surface area contributed by atoms with E-state index < -0.39 is 0 Å². The van der Waals surface area contributed by atoms with Gasteiger partial charge in [0.1, 0.15) is 0 Å². The Kier molecular flexibility index (Phi) is 3.60. The molecule has 0 aliphatic heterocycles. The minimum Gasteiger partial charge on any atom is -0.323 e. The minimum atomic E-state index is 0.231. The molecule has 0 amide bonds. The fraction of sp³-hybridized carbons (Fsp3) is 0.529. The van der Waals surface area contributed by atoms with Gasteiger partial charge in [-0.05, 0) is 43.2 Å². The van der Waals surface area contributed by atoms with Gasteiger partial charge in [-0.15, -0.1) is 0 Å². The van der Waals surface area contributed by atoms with Gasteiger partial charge >= 0.3 is 0 Å². The van der Waals surface area contributed by atoms with Crippen LogP contribution in [0.3, 0.4) is 0 Å². The summed E-state index contributed by atoms with van der Waals surface area (Å²) in [7, 11) is 0. The molecular formula is C17H22N2O. The third-order valence-corrected chi connectivity index (χ3v) is 4.49. The number of aromatic nitrogens is 2. The molecule has 1 fully saturated rings. The van der Waals surface area contributed by atoms with Gasteiger partial charge in [0.05, 0.1) is 23.9 Å². The Bertz CT molecular complexity index is 606. The lowest BCUT2D eigenvalue weighted by Crippen LogP contribution is -2.28. The second-order valence-electron chi connectivity index (χ2n) is 6.44. The van der Waals surface area contributed by atoms with E-state index in [2.05, 4.69) is 18.8 Å². The lowest BCUT2D eigenvalue weighted by Gasteiger charge is -2.30. The van der Waals surface area contributed by atoms with Crippen molar-refractivity contribution in [3.8, 4) is 0 Å². The van der Waals surface area contributed by atoms with Gasteiger partial charge in [0.15, 0.2) is 5.78 Å². The van der Waals surface area contributed by atoms with Crippen molar-refractivity contribution in [1.29, 1.82) is 0 Å². The van der Waals surface area contributed by atoms with Gasteiger partial charge < -0.3 is 4.57 Å². The van der Waals surface area contributed by atoms with Crippen LogP contribution in [-0.2, 0) is 11.3 Å². The van der Waals surface area contributed by atoms with Crippen LogP contribution in [0.1, 0.15) is 33.1 Å². The van der Waals surface area contributed by atoms with Crippen LogP contribution in [0, 0.1) is 17.8 Å². The van der Waals surface area contributed by atoms with Crippen LogP contribution in [0.4, 0.5) is 0 Å². The Hall–Kier alpha value is -1.64. The fourth-order valence-corrected chi connectivity index (χ4v) is 3.64. The molecule has 3 rings (SSSR count). The summed E-state index contributed by atoms with van der Waals surface area (Å²) in [6.45, 7) is 5.00. The zero-order chi connectivity index (χ0) is 14.1. The van der Waals surface area contributed by atoms with Gasteiger partial charge in [-0.2, -0.15) is 0 Å². The van der Waals surface area contributed by atoms with Gasteiger partial charge in [0, 0.05) is 5.92 Å². The number of para-hydroxylation sites is 2. The van der Waals surface area contributed by atoms with Gasteiger partial charge in [0.25, 0.3) is 0 Å². The van der Waals surface area contributed by atoms with E-state index in [0.29, 0.717) is 24.2 Å². The molecule has 0 saturated heterocycles. The largest absolute Gasteiger partial charge is 0.323 e. The summed E-state index contributed by atoms with van der Waals surface area (Å²) in [5.74, 6) is 1.95. The number of rotatable bonds is 3. The van der Waals surface area contributed by atoms with Gasteiger partial charge in [-0.25, -0.2) is 4.98 Å². The normalized spacial score (nSPS) is 26.8. The predicted molar refractivity (Wildman–Crippen MR) is 80.4 cm³/mol. The molecule has 1 aromatic carbocycles. The zero-order valence-corrected chi connectivity index (χ0v) is 12.2. The molecule has 1 aliphatic rings. The van der Waals surface area contributed by atoms with Crippen LogP contribution < -0.4 is 0 Å². The van der Waals surface area contributed by atoms with E-state index in [1.165, 1.54) is 6.42 Å². The van der Waals surface area contributed by atoms with Crippen molar-refractivity contribution in [2.75, 3.05) is 0 Å². The molecule has 2 unspecified atom stereocenters. The second-order valence-corrected chi connectivity index (χ2v) is 6.44. The standard InChI is InChI=1S/C17H22N2O/c1-12-7-13(2)9-14(8-12)17(20)10-19-11-18-15-5-3-4-6-16(15)19/h3-6,11-14H,7-10H2,1-2H3. The summed E-state index contributed by atoms with van der Waals surface area (Å²) < 4.78 is 1.99. The molecule has 106 valence electrons. The maximum atomic E-state index is 12.6. The molecule has 3 heteroatoms. The summed E-state index contributed by atoms with van der Waals surface area (Å²) in [5.41, 5.74) is 2.02. The summed E-state index contributed by atoms with van der Waals surface area (Å²) in [5, 5.41) is 0. The Morgan fingerprint density at radius 1 is 1.20 bits per heavy atom. The molecule has 20 heavy (non-hydrogen) atoms. The zero-order valence-electron chi connectivity index (χ0n) is 12.2. The average Bonchev–Trinajstić information content (AvgIpc) is 2.81. The van der Waals surface area contributed by atoms with E-state index in [4.69, 9.17) is 0 Å². The van der Waals surface area contributed by atoms with Crippen LogP contribution in [0.15, 0.2) is 30.6 Å². The second kappa shape index (κ2) is 5.39. The number of Topliss-reactive ketones (excluding diaryl/α,β-unsaturated/α-hetero) is 1. The summed E-state index contributed by atoms with van der Waals surface area (Å²) in [6, 6.07) is 7.99. The van der Waals surface area contributed by atoms with Crippen LogP contribution in [0.25, 0.3) is 11.0 Å². The number of carbonyl (C=O) groups excluding carboxylic acids is 1. The van der Waals surface area contributed by atoms with E-state index in [9.17, 15) is 4.79 Å². The first kappa shape index (κ1) is 13.3. The van der Waals surface area contributed by atoms with Crippen molar-refractivity contribution in [3.05, 3.63) is 30.6 Å². The molecule has 0 N–H and O–H groups in total. The quantitative estimate of drug-likeness (QED) is 0.852. The maximum Gasteiger partial charge on any atom is 0.155 e. The number of carbonyl (C=O) groups is 1. The topological polar surface area (TPSA) is 34.9 Å². The van der Waals surface area contributed by atoms with E-state index in [1.807, 2.05) is 28.8 Å². The highest BCUT2D eigenvalue weighted by Crippen LogP contribution is 2.33. The molecule has 1 saturated carbocycles. The van der Waals surface area contributed by atoms with Gasteiger partial charge in [-0.3, -0.25) is 4.79 Å². The van der Waals surface area contributed by atoms with Crippen molar-refractivity contribution < 1.29 is 4.79 Å². The van der Waals surface area contributed by atoms with E-state index in [-0.39, 0.29) is 5.92 Å². The fourth-order valence-electron chi connectivity index (χ4n) is 3.64. The third-order valence-electron chi connectivity index (χ3n) is 4.49. The molecule has 2 aromatic rings. The lowest BCUT2D eigenvalue weighted by molar-refractivity contribution is -0.125. The predicted octanol–water partition coefficient (Wildman–Crippen LogP) is 3.68. The molecule has 1 aliphatic carbocycles. The van der Waals surface area contributed by atoms with Gasteiger partial charge in [-0.1, -0.05) is 26.0 Å². The number of hydrogen-bond acceptors (Lipinski definition) is 2. The number of fused-ring (bicyclic) bond motifs is 1. The van der Waals surface area contributed by atoms with E-state index in [0.717, 1.165) is 23.9 Å². The molecule has 3 nitrogen and oxygen atoms in total. The lowest BCUT2D eigenvalue weighted by atomic mass is 9.75. The highest BCUT2D eigenvalue weighted by atomic mass is 16.1. The van der Waals surface area contributed by atoms with Crippen molar-refractivity contribution in [3.63, 3.8) is 0 Å². The number of imidazole rings is 1. The molecule has 2 atom stereocenters. The Balaban J connectivity index is 1.75. The minimum absolute atomic E-state index is 0.231. The average molecular weight is 270 g/mol. The van der Waals surface area contributed by atoms with Crippen molar-refractivity contribution >= 4 is 16.8 Å². The van der Waals surface area contributed by atoms with Gasteiger partial charge in [0.2, 0.25) is 0 Å². The molecule has 0 bridgehead atoms. The van der Waals surface area contributed by atoms with Crippen molar-refractivity contribution in [2.24, 2.45) is 17.8 Å². The van der Waals surface area contributed by atoms with Crippen LogP contribution in [-0.4, -0.2) is 15.3 Å². The number of nitrogens with zero attached hydrogens (tertiary/aromatic N) is 2. The first-order valence-electron chi connectivity index (χ1n) is 7.56. The summed E-state index contributed by atoms with van der Waals surface area (Å²) >= 11 is 0. The number of benzene rings is 1. The van der Waals surface area contributed by atoms with Crippen LogP contribution in [0.2, 0.25) is 0 Å². The van der Waals surface area contributed by atoms with Crippen LogP contribution in [0.5, 0.6) is 0 Å². The SMILES string of the molecule is CC1CC(C)CC(C(=O)Cn2cnc3ccccc32)C1. The van der Waals surface area contributed by atoms with Crippen LogP contribution >= 0.6 is 0 Å². The summed E-state index contributed by atoms with van der Waals surface area (Å²) in [4.78, 5) is 16.9. The Morgan fingerprint density at radius 3 is 2.65 bits per heavy atom. The number of ketones is 1. The number of hydrogen-bond donors (Lipinski definition) is 0.